The first-order valence-corrected chi connectivity index (χ1v) is 11.4. The molecule has 2 N–H and O–H groups in total. The van der Waals surface area contributed by atoms with Gasteiger partial charge < -0.3 is 5.73 Å². The summed E-state index contributed by atoms with van der Waals surface area (Å²) in [7, 11) is 0. The maximum atomic E-state index is 6.68. The first-order chi connectivity index (χ1) is 15.3. The van der Waals surface area contributed by atoms with Crippen LogP contribution in [0, 0.1) is 11.8 Å². The van der Waals surface area contributed by atoms with Crippen LogP contribution in [0.2, 0.25) is 0 Å². The van der Waals surface area contributed by atoms with Crippen molar-refractivity contribution in [1.82, 2.24) is 0 Å². The number of benzene rings is 3. The zero-order valence-corrected chi connectivity index (χ0v) is 17.7. The van der Waals surface area contributed by atoms with Crippen molar-refractivity contribution >= 4 is 28.5 Å². The third-order valence-corrected chi connectivity index (χ3v) is 7.32. The summed E-state index contributed by atoms with van der Waals surface area (Å²) in [4.78, 5) is 0. The molecule has 152 valence electrons. The summed E-state index contributed by atoms with van der Waals surface area (Å²) in [6, 6.07) is 19.7. The largest absolute Gasteiger partial charge is 0.402 e. The molecule has 0 heterocycles. The molecule has 0 amide bonds. The highest BCUT2D eigenvalue weighted by Gasteiger charge is 2.30. The molecule has 3 aliphatic carbocycles. The lowest BCUT2D eigenvalue weighted by molar-refractivity contribution is 0.444. The van der Waals surface area contributed by atoms with E-state index in [1.807, 2.05) is 0 Å². The quantitative estimate of drug-likeness (QED) is 0.495. The number of hydrogen-bond donors (Lipinski definition) is 1. The Labute approximate surface area is 184 Å². The summed E-state index contributed by atoms with van der Waals surface area (Å²) >= 11 is 0. The Morgan fingerprint density at radius 2 is 1.48 bits per heavy atom. The van der Waals surface area contributed by atoms with Gasteiger partial charge >= 0.3 is 0 Å². The predicted molar refractivity (Wildman–Crippen MR) is 132 cm³/mol. The molecule has 0 bridgehead atoms. The Hall–Kier alpha value is -3.32. The lowest BCUT2D eigenvalue weighted by atomic mass is 9.72. The van der Waals surface area contributed by atoms with Crippen LogP contribution in [0.25, 0.3) is 28.5 Å². The van der Waals surface area contributed by atoms with E-state index in [2.05, 4.69) is 91.1 Å². The first kappa shape index (κ1) is 18.4. The average Bonchev–Trinajstić information content (AvgIpc) is 2.85. The minimum absolute atomic E-state index is 0.387. The van der Waals surface area contributed by atoms with Gasteiger partial charge in [-0.05, 0) is 81.8 Å². The lowest BCUT2D eigenvalue weighted by Gasteiger charge is -2.33. The minimum Gasteiger partial charge on any atom is -0.402 e. The van der Waals surface area contributed by atoms with Crippen molar-refractivity contribution in [3.63, 3.8) is 0 Å². The van der Waals surface area contributed by atoms with Gasteiger partial charge in [-0.3, -0.25) is 0 Å². The molecule has 1 heteroatoms. The highest BCUT2D eigenvalue weighted by Crippen LogP contribution is 2.44. The van der Waals surface area contributed by atoms with E-state index in [0.717, 1.165) is 31.4 Å². The molecule has 0 fully saturated rings. The first-order valence-electron chi connectivity index (χ1n) is 11.4. The van der Waals surface area contributed by atoms with Crippen molar-refractivity contribution in [2.24, 2.45) is 17.6 Å². The van der Waals surface area contributed by atoms with Crippen LogP contribution in [0.5, 0.6) is 0 Å². The second-order valence-corrected chi connectivity index (χ2v) is 9.03. The second kappa shape index (κ2) is 7.42. The van der Waals surface area contributed by atoms with Gasteiger partial charge in [-0.15, -0.1) is 0 Å². The number of rotatable bonds is 2. The van der Waals surface area contributed by atoms with Gasteiger partial charge in [-0.1, -0.05) is 85.0 Å². The van der Waals surface area contributed by atoms with Gasteiger partial charge in [0.25, 0.3) is 0 Å². The molecule has 2 atom stereocenters. The molecule has 6 rings (SSSR count). The van der Waals surface area contributed by atoms with Crippen LogP contribution in [-0.4, -0.2) is 0 Å². The van der Waals surface area contributed by atoms with Gasteiger partial charge in [-0.2, -0.15) is 0 Å². The zero-order chi connectivity index (χ0) is 20.8. The summed E-state index contributed by atoms with van der Waals surface area (Å²) in [5.74, 6) is 0.883. The smallest absolute Gasteiger partial charge is 0.0128 e. The van der Waals surface area contributed by atoms with Crippen LogP contribution in [-0.2, 0) is 12.8 Å². The van der Waals surface area contributed by atoms with Gasteiger partial charge in [0.2, 0.25) is 0 Å². The molecule has 1 nitrogen and oxygen atoms in total. The van der Waals surface area contributed by atoms with Crippen LogP contribution < -0.4 is 5.73 Å². The number of fused-ring (bicyclic) bond motifs is 6. The van der Waals surface area contributed by atoms with E-state index in [1.165, 1.54) is 44.2 Å². The van der Waals surface area contributed by atoms with Gasteiger partial charge in [0.15, 0.2) is 0 Å². The van der Waals surface area contributed by atoms with Crippen LogP contribution >= 0.6 is 0 Å². The molecule has 31 heavy (non-hydrogen) atoms. The molecule has 0 radical (unpaired) electrons. The van der Waals surface area contributed by atoms with E-state index < -0.39 is 0 Å². The Kier molecular flexibility index (Phi) is 4.42. The van der Waals surface area contributed by atoms with Gasteiger partial charge in [-0.25, -0.2) is 0 Å². The van der Waals surface area contributed by atoms with Gasteiger partial charge in [0.05, 0.1) is 0 Å². The third kappa shape index (κ3) is 3.08. The van der Waals surface area contributed by atoms with Crippen LogP contribution in [0.4, 0.5) is 0 Å². The molecule has 0 saturated heterocycles. The minimum atomic E-state index is 0.387. The van der Waals surface area contributed by atoms with E-state index in [0.29, 0.717) is 11.8 Å². The maximum absolute atomic E-state index is 6.68. The topological polar surface area (TPSA) is 26.0 Å². The van der Waals surface area contributed by atoms with Crippen LogP contribution in [0.3, 0.4) is 0 Å². The van der Waals surface area contributed by atoms with E-state index in [-0.39, 0.29) is 0 Å². The SMILES string of the molecule is NC1=Cc2c(c3c(c4ccccc24)C=C(c2ccccc2)CC3)CC1C1C=CC=CC1. The lowest BCUT2D eigenvalue weighted by Crippen LogP contribution is -2.27. The Morgan fingerprint density at radius 3 is 2.23 bits per heavy atom. The molecule has 3 aromatic carbocycles. The molecular formula is C30H27N. The van der Waals surface area contributed by atoms with Crippen LogP contribution in [0.15, 0.2) is 84.6 Å². The molecule has 2 unspecified atom stereocenters. The third-order valence-electron chi connectivity index (χ3n) is 7.32. The fourth-order valence-electron chi connectivity index (χ4n) is 5.75. The molecule has 3 aliphatic rings. The molecular weight excluding hydrogens is 374 g/mol. The van der Waals surface area contributed by atoms with Crippen molar-refractivity contribution in [2.75, 3.05) is 0 Å². The van der Waals surface area contributed by atoms with Crippen molar-refractivity contribution in [3.05, 3.63) is 112 Å². The van der Waals surface area contributed by atoms with Gasteiger partial charge in [0.1, 0.15) is 0 Å². The van der Waals surface area contributed by atoms with Crippen molar-refractivity contribution in [2.45, 2.75) is 25.7 Å². The monoisotopic (exact) mass is 401 g/mol. The van der Waals surface area contributed by atoms with Crippen molar-refractivity contribution in [3.8, 4) is 0 Å². The summed E-state index contributed by atoms with van der Waals surface area (Å²) in [6.45, 7) is 0. The predicted octanol–water partition coefficient (Wildman–Crippen LogP) is 6.93. The van der Waals surface area contributed by atoms with E-state index >= 15 is 0 Å². The Bertz CT molecular complexity index is 1290. The molecule has 3 aromatic rings. The molecule has 0 saturated carbocycles. The molecule has 0 spiro atoms. The maximum Gasteiger partial charge on any atom is 0.0128 e. The zero-order valence-electron chi connectivity index (χ0n) is 17.7. The second-order valence-electron chi connectivity index (χ2n) is 9.03. The van der Waals surface area contributed by atoms with Gasteiger partial charge in [0, 0.05) is 11.6 Å². The van der Waals surface area contributed by atoms with Crippen molar-refractivity contribution in [1.29, 1.82) is 0 Å². The van der Waals surface area contributed by atoms with Crippen LogP contribution in [0.1, 0.15) is 40.7 Å². The fraction of sp³-hybridized carbons (Fsp3) is 0.200. The highest BCUT2D eigenvalue weighted by molar-refractivity contribution is 6.03. The fourth-order valence-corrected chi connectivity index (χ4v) is 5.75. The normalized spacial score (nSPS) is 21.9. The summed E-state index contributed by atoms with van der Waals surface area (Å²) in [5, 5.41) is 2.69. The van der Waals surface area contributed by atoms with E-state index in [1.54, 1.807) is 0 Å². The van der Waals surface area contributed by atoms with E-state index in [9.17, 15) is 0 Å². The number of allylic oxidation sites excluding steroid dienone is 6. The average molecular weight is 402 g/mol. The van der Waals surface area contributed by atoms with Crippen molar-refractivity contribution < 1.29 is 0 Å². The molecule has 0 aromatic heterocycles. The summed E-state index contributed by atoms with van der Waals surface area (Å²) in [6.07, 6.45) is 18.0. The van der Waals surface area contributed by atoms with E-state index in [4.69, 9.17) is 5.73 Å². The molecule has 0 aliphatic heterocycles. The summed E-state index contributed by atoms with van der Waals surface area (Å²) < 4.78 is 0. The Balaban J connectivity index is 1.54. The number of hydrogen-bond acceptors (Lipinski definition) is 1. The highest BCUT2D eigenvalue weighted by atomic mass is 14.6. The Morgan fingerprint density at radius 1 is 0.742 bits per heavy atom. The number of nitrogens with two attached hydrogens (primary N) is 1. The summed E-state index contributed by atoms with van der Waals surface area (Å²) in [5.41, 5.74) is 16.4. The standard InChI is InChI=1S/C30H27N/c31-30-19-29-24-14-8-7-13-23(24)27-17-22(20-9-3-1-4-10-20)15-16-25(27)28(29)18-26(30)21-11-5-2-6-12-21/h1-11,13-14,17,19,21,26H,12,15-16,18,31H2.